The standard InChI is InChI=1S/C17H28O/c1-11(2)13-5-7-14(8-6-13)17(18)16-10-12-3-4-15(16)9-12/h11-16H,3-10H2,1-2H3. The average Bonchev–Trinajstić information content (AvgIpc) is 3.00. The van der Waals surface area contributed by atoms with Gasteiger partial charge in [-0.15, -0.1) is 0 Å². The molecule has 0 radical (unpaired) electrons. The Bertz CT molecular complexity index is 312. The summed E-state index contributed by atoms with van der Waals surface area (Å²) in [5.41, 5.74) is 0. The van der Waals surface area contributed by atoms with Gasteiger partial charge in [0.25, 0.3) is 0 Å². The van der Waals surface area contributed by atoms with Gasteiger partial charge in [-0.3, -0.25) is 4.79 Å². The summed E-state index contributed by atoms with van der Waals surface area (Å²) in [6, 6.07) is 0. The Morgan fingerprint density at radius 3 is 2.17 bits per heavy atom. The van der Waals surface area contributed by atoms with Crippen LogP contribution in [0.5, 0.6) is 0 Å². The number of hydrogen-bond donors (Lipinski definition) is 0. The van der Waals surface area contributed by atoms with E-state index in [2.05, 4.69) is 13.8 Å². The molecule has 0 N–H and O–H groups in total. The molecule has 102 valence electrons. The molecule has 0 aromatic rings. The molecule has 0 aromatic carbocycles. The summed E-state index contributed by atoms with van der Waals surface area (Å²) >= 11 is 0. The highest BCUT2D eigenvalue weighted by Crippen LogP contribution is 2.50. The van der Waals surface area contributed by atoms with Crippen LogP contribution in [0.4, 0.5) is 0 Å². The van der Waals surface area contributed by atoms with Crippen molar-refractivity contribution in [3.8, 4) is 0 Å². The lowest BCUT2D eigenvalue weighted by Crippen LogP contribution is -2.31. The van der Waals surface area contributed by atoms with Gasteiger partial charge in [-0.1, -0.05) is 20.3 Å². The third kappa shape index (κ3) is 2.26. The smallest absolute Gasteiger partial charge is 0.139 e. The van der Waals surface area contributed by atoms with Crippen molar-refractivity contribution >= 4 is 5.78 Å². The molecule has 3 rings (SSSR count). The number of fused-ring (bicyclic) bond motifs is 2. The Morgan fingerprint density at radius 1 is 0.944 bits per heavy atom. The number of hydrogen-bond acceptors (Lipinski definition) is 1. The molecular formula is C17H28O. The van der Waals surface area contributed by atoms with E-state index in [1.54, 1.807) is 0 Å². The predicted octanol–water partition coefficient (Wildman–Crippen LogP) is 4.45. The van der Waals surface area contributed by atoms with Crippen LogP contribution in [-0.2, 0) is 4.79 Å². The van der Waals surface area contributed by atoms with Gasteiger partial charge in [-0.05, 0) is 68.6 Å². The summed E-state index contributed by atoms with van der Waals surface area (Å²) in [5.74, 6) is 4.97. The van der Waals surface area contributed by atoms with Gasteiger partial charge in [0.2, 0.25) is 0 Å². The first-order chi connectivity index (χ1) is 8.65. The molecule has 1 heteroatoms. The fourth-order valence-corrected chi connectivity index (χ4v) is 4.97. The number of rotatable bonds is 3. The van der Waals surface area contributed by atoms with Crippen molar-refractivity contribution in [2.24, 2.45) is 35.5 Å². The van der Waals surface area contributed by atoms with E-state index in [1.807, 2.05) is 0 Å². The van der Waals surface area contributed by atoms with Crippen molar-refractivity contribution in [2.75, 3.05) is 0 Å². The summed E-state index contributed by atoms with van der Waals surface area (Å²) < 4.78 is 0. The molecule has 0 amide bonds. The Morgan fingerprint density at radius 2 is 1.67 bits per heavy atom. The zero-order valence-electron chi connectivity index (χ0n) is 12.0. The quantitative estimate of drug-likeness (QED) is 0.721. The molecule has 3 aliphatic carbocycles. The van der Waals surface area contributed by atoms with E-state index in [4.69, 9.17) is 0 Å². The van der Waals surface area contributed by atoms with Crippen molar-refractivity contribution in [1.82, 2.24) is 0 Å². The summed E-state index contributed by atoms with van der Waals surface area (Å²) in [6.45, 7) is 4.67. The van der Waals surface area contributed by atoms with E-state index in [0.29, 0.717) is 17.6 Å². The molecule has 3 aliphatic rings. The maximum absolute atomic E-state index is 12.7. The van der Waals surface area contributed by atoms with Crippen molar-refractivity contribution in [1.29, 1.82) is 0 Å². The molecule has 0 saturated heterocycles. The topological polar surface area (TPSA) is 17.1 Å². The lowest BCUT2D eigenvalue weighted by Gasteiger charge is -2.32. The maximum Gasteiger partial charge on any atom is 0.139 e. The van der Waals surface area contributed by atoms with Crippen LogP contribution in [0.3, 0.4) is 0 Å². The Labute approximate surface area is 112 Å². The van der Waals surface area contributed by atoms with E-state index < -0.39 is 0 Å². The maximum atomic E-state index is 12.7. The molecule has 3 atom stereocenters. The molecule has 0 aromatic heterocycles. The molecule has 0 heterocycles. The summed E-state index contributed by atoms with van der Waals surface area (Å²) in [7, 11) is 0. The largest absolute Gasteiger partial charge is 0.299 e. The lowest BCUT2D eigenvalue weighted by atomic mass is 9.71. The van der Waals surface area contributed by atoms with Crippen molar-refractivity contribution in [3.63, 3.8) is 0 Å². The van der Waals surface area contributed by atoms with Crippen LogP contribution in [0, 0.1) is 35.5 Å². The molecule has 0 aliphatic heterocycles. The highest BCUT2D eigenvalue weighted by molar-refractivity contribution is 5.84. The first-order valence-electron chi connectivity index (χ1n) is 8.19. The minimum atomic E-state index is 0.435. The Kier molecular flexibility index (Phi) is 3.51. The number of ketones is 1. The molecule has 1 nitrogen and oxygen atoms in total. The number of carbonyl (C=O) groups excluding carboxylic acids is 1. The molecular weight excluding hydrogens is 220 g/mol. The third-order valence-corrected chi connectivity index (χ3v) is 6.22. The van der Waals surface area contributed by atoms with Crippen LogP contribution in [-0.4, -0.2) is 5.78 Å². The zero-order chi connectivity index (χ0) is 12.7. The first-order valence-corrected chi connectivity index (χ1v) is 8.19. The predicted molar refractivity (Wildman–Crippen MR) is 74.2 cm³/mol. The molecule has 18 heavy (non-hydrogen) atoms. The molecule has 3 unspecified atom stereocenters. The van der Waals surface area contributed by atoms with Gasteiger partial charge < -0.3 is 0 Å². The third-order valence-electron chi connectivity index (χ3n) is 6.22. The minimum Gasteiger partial charge on any atom is -0.299 e. The normalized spacial score (nSPS) is 43.6. The summed E-state index contributed by atoms with van der Waals surface area (Å²) in [4.78, 5) is 12.7. The van der Waals surface area contributed by atoms with Crippen LogP contribution in [0.25, 0.3) is 0 Å². The van der Waals surface area contributed by atoms with E-state index in [9.17, 15) is 4.79 Å². The molecule has 3 fully saturated rings. The van der Waals surface area contributed by atoms with Crippen LogP contribution in [0.15, 0.2) is 0 Å². The Hall–Kier alpha value is -0.330. The number of Topliss-reactive ketones (excluding diaryl/α,β-unsaturated/α-hetero) is 1. The highest BCUT2D eigenvalue weighted by Gasteiger charge is 2.44. The van der Waals surface area contributed by atoms with E-state index >= 15 is 0 Å². The zero-order valence-corrected chi connectivity index (χ0v) is 12.0. The first kappa shape index (κ1) is 12.7. The van der Waals surface area contributed by atoms with Gasteiger partial charge >= 0.3 is 0 Å². The monoisotopic (exact) mass is 248 g/mol. The average molecular weight is 248 g/mol. The fourth-order valence-electron chi connectivity index (χ4n) is 4.97. The molecule has 0 spiro atoms. The molecule has 3 saturated carbocycles. The second-order valence-corrected chi connectivity index (χ2v) is 7.54. The van der Waals surface area contributed by atoms with Gasteiger partial charge in [0.1, 0.15) is 5.78 Å². The van der Waals surface area contributed by atoms with Crippen molar-refractivity contribution in [3.05, 3.63) is 0 Å². The van der Waals surface area contributed by atoms with E-state index in [0.717, 1.165) is 23.7 Å². The number of carbonyl (C=O) groups is 1. The molecule has 2 bridgehead atoms. The highest BCUT2D eigenvalue weighted by atomic mass is 16.1. The minimum absolute atomic E-state index is 0.435. The second kappa shape index (κ2) is 4.98. The van der Waals surface area contributed by atoms with Crippen LogP contribution < -0.4 is 0 Å². The fraction of sp³-hybridized carbons (Fsp3) is 0.941. The van der Waals surface area contributed by atoms with Crippen molar-refractivity contribution < 1.29 is 4.79 Å². The second-order valence-electron chi connectivity index (χ2n) is 7.54. The summed E-state index contributed by atoms with van der Waals surface area (Å²) in [5, 5.41) is 0. The van der Waals surface area contributed by atoms with Gasteiger partial charge in [-0.25, -0.2) is 0 Å². The SMILES string of the molecule is CC(C)C1CCC(C(=O)C2CC3CCC2C3)CC1. The van der Waals surface area contributed by atoms with Crippen LogP contribution >= 0.6 is 0 Å². The van der Waals surface area contributed by atoms with Crippen LogP contribution in [0.2, 0.25) is 0 Å². The van der Waals surface area contributed by atoms with Gasteiger partial charge in [-0.2, -0.15) is 0 Å². The Balaban J connectivity index is 1.55. The van der Waals surface area contributed by atoms with Gasteiger partial charge in [0.05, 0.1) is 0 Å². The van der Waals surface area contributed by atoms with Crippen molar-refractivity contribution in [2.45, 2.75) is 65.2 Å². The summed E-state index contributed by atoms with van der Waals surface area (Å²) in [6.07, 6.45) is 10.4. The van der Waals surface area contributed by atoms with Gasteiger partial charge in [0, 0.05) is 11.8 Å². The van der Waals surface area contributed by atoms with E-state index in [-0.39, 0.29) is 0 Å². The van der Waals surface area contributed by atoms with Gasteiger partial charge in [0.15, 0.2) is 0 Å². The van der Waals surface area contributed by atoms with E-state index in [1.165, 1.54) is 51.4 Å². The van der Waals surface area contributed by atoms with Crippen LogP contribution in [0.1, 0.15) is 65.2 Å². The lowest BCUT2D eigenvalue weighted by molar-refractivity contribution is -0.129.